The number of ether oxygens (including phenoxy) is 3. The summed E-state index contributed by atoms with van der Waals surface area (Å²) in [6.45, 7) is 10.8. The summed E-state index contributed by atoms with van der Waals surface area (Å²) >= 11 is 1.66. The van der Waals surface area contributed by atoms with Crippen LogP contribution < -0.4 is 19.7 Å². The van der Waals surface area contributed by atoms with Gasteiger partial charge in [-0.2, -0.15) is 0 Å². The number of fused-ring (bicyclic) bond motifs is 1. The quantitative estimate of drug-likeness (QED) is 0.396. The zero-order valence-electron chi connectivity index (χ0n) is 21.2. The summed E-state index contributed by atoms with van der Waals surface area (Å²) in [7, 11) is 1.40. The van der Waals surface area contributed by atoms with Crippen molar-refractivity contribution in [2.75, 3.05) is 25.1 Å². The predicted octanol–water partition coefficient (Wildman–Crippen LogP) is 5.42. The van der Waals surface area contributed by atoms with Crippen LogP contribution in [0.3, 0.4) is 0 Å². The van der Waals surface area contributed by atoms with Gasteiger partial charge in [0.1, 0.15) is 11.5 Å². The van der Waals surface area contributed by atoms with Crippen molar-refractivity contribution in [1.29, 1.82) is 0 Å². The number of thiazole rings is 1. The van der Waals surface area contributed by atoms with Crippen LogP contribution in [0.15, 0.2) is 36.4 Å². The Hall–Kier alpha value is -2.84. The summed E-state index contributed by atoms with van der Waals surface area (Å²) < 4.78 is 18.0. The maximum Gasteiger partial charge on any atom is 0.337 e. The van der Waals surface area contributed by atoms with E-state index in [1.807, 2.05) is 45.9 Å². The molecule has 0 spiro atoms. The molecule has 0 bridgehead atoms. The molecule has 1 aliphatic heterocycles. The summed E-state index contributed by atoms with van der Waals surface area (Å²) in [6.07, 6.45) is 2.23. The first kappa shape index (κ1) is 25.3. The van der Waals surface area contributed by atoms with E-state index in [0.717, 1.165) is 58.3 Å². The van der Waals surface area contributed by atoms with E-state index >= 15 is 0 Å². The molecule has 188 valence electrons. The maximum absolute atomic E-state index is 12.0. The van der Waals surface area contributed by atoms with E-state index in [2.05, 4.69) is 22.3 Å². The lowest BCUT2D eigenvalue weighted by atomic mass is 10.0. The summed E-state index contributed by atoms with van der Waals surface area (Å²) in [5, 5.41) is 4.42. The van der Waals surface area contributed by atoms with Crippen LogP contribution in [0.4, 0.5) is 5.13 Å². The second kappa shape index (κ2) is 11.3. The molecule has 1 aromatic heterocycles. The number of methoxy groups -OCH3 is 1. The number of anilines is 1. The molecule has 3 aromatic rings. The van der Waals surface area contributed by atoms with Crippen LogP contribution in [-0.2, 0) is 11.3 Å². The second-order valence-electron chi connectivity index (χ2n) is 9.43. The number of nitrogens with one attached hydrogen (secondary N) is 1. The first-order valence-electron chi connectivity index (χ1n) is 12.3. The highest BCUT2D eigenvalue weighted by Crippen LogP contribution is 2.34. The van der Waals surface area contributed by atoms with Crippen molar-refractivity contribution in [1.82, 2.24) is 10.3 Å². The van der Waals surface area contributed by atoms with Crippen LogP contribution in [-0.4, -0.2) is 49.4 Å². The molecule has 0 saturated carbocycles. The molecule has 0 radical (unpaired) electrons. The largest absolute Gasteiger partial charge is 0.491 e. The topological polar surface area (TPSA) is 72.9 Å². The number of hydrogen-bond acceptors (Lipinski definition) is 8. The first-order chi connectivity index (χ1) is 16.8. The number of rotatable bonds is 9. The van der Waals surface area contributed by atoms with Gasteiger partial charge in [-0.25, -0.2) is 9.78 Å². The van der Waals surface area contributed by atoms with Crippen molar-refractivity contribution in [2.45, 2.75) is 65.3 Å². The number of piperidine rings is 1. The molecule has 0 amide bonds. The van der Waals surface area contributed by atoms with Gasteiger partial charge in [-0.15, -0.1) is 0 Å². The maximum atomic E-state index is 12.0. The van der Waals surface area contributed by atoms with E-state index in [0.29, 0.717) is 18.2 Å². The van der Waals surface area contributed by atoms with Crippen molar-refractivity contribution < 1.29 is 19.0 Å². The average molecular weight is 498 g/mol. The molecule has 1 N–H and O–H groups in total. The second-order valence-corrected chi connectivity index (χ2v) is 10.4. The fourth-order valence-corrected chi connectivity index (χ4v) is 5.37. The fraction of sp³-hybridized carbons (Fsp3) is 0.481. The number of nitrogens with zero attached hydrogens (tertiary/aromatic N) is 2. The van der Waals surface area contributed by atoms with Crippen molar-refractivity contribution in [3.63, 3.8) is 0 Å². The summed E-state index contributed by atoms with van der Waals surface area (Å²) in [6, 6.07) is 12.1. The van der Waals surface area contributed by atoms with Gasteiger partial charge in [-0.1, -0.05) is 11.3 Å². The Morgan fingerprint density at radius 1 is 1.06 bits per heavy atom. The normalized spacial score (nSPS) is 14.5. The van der Waals surface area contributed by atoms with Crippen LogP contribution in [0.5, 0.6) is 11.5 Å². The third-order valence-corrected chi connectivity index (χ3v) is 6.90. The van der Waals surface area contributed by atoms with Gasteiger partial charge in [-0.3, -0.25) is 0 Å². The minimum Gasteiger partial charge on any atom is -0.491 e. The lowest BCUT2D eigenvalue weighted by Gasteiger charge is -2.34. The van der Waals surface area contributed by atoms with Gasteiger partial charge in [0.05, 0.1) is 35.1 Å². The third kappa shape index (κ3) is 6.44. The lowest BCUT2D eigenvalue weighted by molar-refractivity contribution is 0.0601. The molecular formula is C27H35N3O4S. The van der Waals surface area contributed by atoms with Gasteiger partial charge < -0.3 is 24.4 Å². The molecule has 2 aromatic carbocycles. The van der Waals surface area contributed by atoms with Crippen LogP contribution >= 0.6 is 11.3 Å². The van der Waals surface area contributed by atoms with E-state index in [9.17, 15) is 4.79 Å². The number of carbonyl (C=O) groups is 1. The highest BCUT2D eigenvalue weighted by Gasteiger charge is 2.25. The molecule has 0 aliphatic carbocycles. The van der Waals surface area contributed by atoms with E-state index < -0.39 is 0 Å². The minimum absolute atomic E-state index is 0.0749. The Morgan fingerprint density at radius 2 is 1.71 bits per heavy atom. The highest BCUT2D eigenvalue weighted by atomic mass is 32.1. The van der Waals surface area contributed by atoms with Crippen molar-refractivity contribution in [3.8, 4) is 11.5 Å². The summed E-state index contributed by atoms with van der Waals surface area (Å²) in [5.41, 5.74) is 2.44. The smallest absolute Gasteiger partial charge is 0.337 e. The minimum atomic E-state index is -0.351. The molecule has 35 heavy (non-hydrogen) atoms. The van der Waals surface area contributed by atoms with Gasteiger partial charge in [0, 0.05) is 18.7 Å². The SMILES string of the molecule is COC(=O)c1ccc2sc(N(Cc3cc(OC(C)C)cc(OC(C)C)c3)C3CCNCC3)nc2c1. The van der Waals surface area contributed by atoms with E-state index in [1.54, 1.807) is 17.4 Å². The van der Waals surface area contributed by atoms with Gasteiger partial charge in [0.25, 0.3) is 0 Å². The van der Waals surface area contributed by atoms with Crippen LogP contribution in [0.2, 0.25) is 0 Å². The Morgan fingerprint density at radius 3 is 2.31 bits per heavy atom. The zero-order valence-corrected chi connectivity index (χ0v) is 22.0. The van der Waals surface area contributed by atoms with E-state index in [1.165, 1.54) is 7.11 Å². The number of hydrogen-bond donors (Lipinski definition) is 1. The summed E-state index contributed by atoms with van der Waals surface area (Å²) in [5.74, 6) is 1.27. The van der Waals surface area contributed by atoms with Crippen molar-refractivity contribution >= 4 is 32.7 Å². The number of esters is 1. The molecular weight excluding hydrogens is 462 g/mol. The van der Waals surface area contributed by atoms with Gasteiger partial charge in [0.2, 0.25) is 0 Å². The highest BCUT2D eigenvalue weighted by molar-refractivity contribution is 7.22. The Balaban J connectivity index is 1.70. The molecule has 0 atom stereocenters. The molecule has 8 heteroatoms. The van der Waals surface area contributed by atoms with Crippen LogP contribution in [0.1, 0.15) is 56.5 Å². The Bertz CT molecular complexity index is 1130. The molecule has 1 saturated heterocycles. The van der Waals surface area contributed by atoms with Gasteiger partial charge in [-0.05, 0) is 89.5 Å². The van der Waals surface area contributed by atoms with Crippen molar-refractivity contribution in [2.24, 2.45) is 0 Å². The Labute approximate surface area is 211 Å². The molecule has 1 fully saturated rings. The first-order valence-corrected chi connectivity index (χ1v) is 13.1. The average Bonchev–Trinajstić information content (AvgIpc) is 3.24. The molecule has 4 rings (SSSR count). The van der Waals surface area contributed by atoms with E-state index in [4.69, 9.17) is 19.2 Å². The van der Waals surface area contributed by atoms with Crippen LogP contribution in [0.25, 0.3) is 10.2 Å². The zero-order chi connectivity index (χ0) is 24.9. The molecule has 2 heterocycles. The molecule has 7 nitrogen and oxygen atoms in total. The van der Waals surface area contributed by atoms with Gasteiger partial charge >= 0.3 is 5.97 Å². The lowest BCUT2D eigenvalue weighted by Crippen LogP contribution is -2.43. The monoisotopic (exact) mass is 497 g/mol. The predicted molar refractivity (Wildman–Crippen MR) is 141 cm³/mol. The Kier molecular flexibility index (Phi) is 8.13. The standard InChI is InChI=1S/C27H35N3O4S/c1-17(2)33-22-12-19(13-23(15-22)34-18(3)4)16-30(21-8-10-28-11-9-21)27-29-24-14-20(26(31)32-5)6-7-25(24)35-27/h6-7,12-15,17-18,21,28H,8-11,16H2,1-5H3. The fourth-order valence-electron chi connectivity index (χ4n) is 4.35. The third-order valence-electron chi connectivity index (χ3n) is 5.83. The number of aromatic nitrogens is 1. The van der Waals surface area contributed by atoms with Crippen LogP contribution in [0, 0.1) is 0 Å². The molecule has 1 aliphatic rings. The van der Waals surface area contributed by atoms with Gasteiger partial charge in [0.15, 0.2) is 5.13 Å². The number of carbonyl (C=O) groups excluding carboxylic acids is 1. The van der Waals surface area contributed by atoms with E-state index in [-0.39, 0.29) is 18.2 Å². The van der Waals surface area contributed by atoms with Crippen molar-refractivity contribution in [3.05, 3.63) is 47.5 Å². The molecule has 0 unspecified atom stereocenters. The number of benzene rings is 2. The summed E-state index contributed by atoms with van der Waals surface area (Å²) in [4.78, 5) is 19.4.